The topological polar surface area (TPSA) is 42.7 Å². The van der Waals surface area contributed by atoms with E-state index in [1.54, 1.807) is 18.1 Å². The number of hydrogen-bond donors (Lipinski definition) is 1. The monoisotopic (exact) mass is 290 g/mol. The SMILES string of the molecule is Cc1cc(CNCC(C)C)ccc1Sc1nncn1C. The van der Waals surface area contributed by atoms with Crippen LogP contribution in [0.4, 0.5) is 0 Å². The molecule has 0 fully saturated rings. The fourth-order valence-corrected chi connectivity index (χ4v) is 2.74. The quantitative estimate of drug-likeness (QED) is 0.888. The van der Waals surface area contributed by atoms with Crippen LogP contribution in [-0.2, 0) is 13.6 Å². The fourth-order valence-electron chi connectivity index (χ4n) is 1.90. The number of nitrogens with zero attached hydrogens (tertiary/aromatic N) is 3. The van der Waals surface area contributed by atoms with Gasteiger partial charge in [0, 0.05) is 18.5 Å². The fraction of sp³-hybridized carbons (Fsp3) is 0.467. The van der Waals surface area contributed by atoms with Crippen molar-refractivity contribution >= 4 is 11.8 Å². The first-order valence-corrected chi connectivity index (χ1v) is 7.70. The molecule has 0 amide bonds. The summed E-state index contributed by atoms with van der Waals surface area (Å²) in [4.78, 5) is 1.23. The van der Waals surface area contributed by atoms with Crippen LogP contribution >= 0.6 is 11.8 Å². The highest BCUT2D eigenvalue weighted by Crippen LogP contribution is 2.28. The van der Waals surface area contributed by atoms with Gasteiger partial charge in [-0.3, -0.25) is 0 Å². The Morgan fingerprint density at radius 1 is 1.35 bits per heavy atom. The average molecular weight is 290 g/mol. The number of benzene rings is 1. The molecular weight excluding hydrogens is 268 g/mol. The molecule has 0 atom stereocenters. The molecule has 1 aromatic carbocycles. The summed E-state index contributed by atoms with van der Waals surface area (Å²) in [5.74, 6) is 0.682. The van der Waals surface area contributed by atoms with Gasteiger partial charge < -0.3 is 9.88 Å². The number of rotatable bonds is 6. The molecule has 2 aromatic rings. The number of aromatic nitrogens is 3. The van der Waals surface area contributed by atoms with Gasteiger partial charge in [0.2, 0.25) is 0 Å². The summed E-state index contributed by atoms with van der Waals surface area (Å²) in [7, 11) is 1.96. The van der Waals surface area contributed by atoms with Gasteiger partial charge >= 0.3 is 0 Å². The smallest absolute Gasteiger partial charge is 0.195 e. The Kier molecular flexibility index (Phi) is 5.20. The van der Waals surface area contributed by atoms with Crippen LogP contribution in [0.15, 0.2) is 34.6 Å². The van der Waals surface area contributed by atoms with Crippen molar-refractivity contribution in [2.45, 2.75) is 37.4 Å². The number of hydrogen-bond acceptors (Lipinski definition) is 4. The van der Waals surface area contributed by atoms with Crippen molar-refractivity contribution < 1.29 is 0 Å². The van der Waals surface area contributed by atoms with Crippen molar-refractivity contribution in [1.82, 2.24) is 20.1 Å². The van der Waals surface area contributed by atoms with Crippen LogP contribution in [0.5, 0.6) is 0 Å². The Morgan fingerprint density at radius 2 is 2.15 bits per heavy atom. The molecular formula is C15H22N4S. The van der Waals surface area contributed by atoms with E-state index in [0.29, 0.717) is 5.92 Å². The molecule has 0 bridgehead atoms. The minimum atomic E-state index is 0.682. The highest BCUT2D eigenvalue weighted by atomic mass is 32.2. The molecule has 20 heavy (non-hydrogen) atoms. The van der Waals surface area contributed by atoms with E-state index >= 15 is 0 Å². The maximum absolute atomic E-state index is 4.11. The van der Waals surface area contributed by atoms with E-state index in [1.807, 2.05) is 11.6 Å². The summed E-state index contributed by atoms with van der Waals surface area (Å²) in [6.45, 7) is 8.56. The van der Waals surface area contributed by atoms with Gasteiger partial charge in [0.05, 0.1) is 0 Å². The predicted molar refractivity (Wildman–Crippen MR) is 82.8 cm³/mol. The lowest BCUT2D eigenvalue weighted by Crippen LogP contribution is -2.18. The van der Waals surface area contributed by atoms with Crippen molar-refractivity contribution in [1.29, 1.82) is 0 Å². The van der Waals surface area contributed by atoms with Gasteiger partial charge in [0.15, 0.2) is 5.16 Å². The van der Waals surface area contributed by atoms with E-state index in [-0.39, 0.29) is 0 Å². The zero-order valence-electron chi connectivity index (χ0n) is 12.6. The van der Waals surface area contributed by atoms with Crippen LogP contribution in [0.1, 0.15) is 25.0 Å². The Bertz CT molecular complexity index is 563. The van der Waals surface area contributed by atoms with E-state index < -0.39 is 0 Å². The van der Waals surface area contributed by atoms with Crippen molar-refractivity contribution in [3.8, 4) is 0 Å². The van der Waals surface area contributed by atoms with Gasteiger partial charge in [-0.15, -0.1) is 10.2 Å². The molecule has 2 rings (SSSR count). The van der Waals surface area contributed by atoms with Crippen molar-refractivity contribution in [3.05, 3.63) is 35.7 Å². The van der Waals surface area contributed by atoms with Crippen LogP contribution < -0.4 is 5.32 Å². The third-order valence-electron chi connectivity index (χ3n) is 2.99. The molecule has 0 saturated heterocycles. The summed E-state index contributed by atoms with van der Waals surface area (Å²) in [6.07, 6.45) is 1.72. The molecule has 0 spiro atoms. The molecule has 0 aliphatic carbocycles. The molecule has 108 valence electrons. The van der Waals surface area contributed by atoms with E-state index in [1.165, 1.54) is 16.0 Å². The summed E-state index contributed by atoms with van der Waals surface area (Å²) in [6, 6.07) is 6.59. The van der Waals surface area contributed by atoms with Gasteiger partial charge in [0.1, 0.15) is 6.33 Å². The molecule has 5 heteroatoms. The van der Waals surface area contributed by atoms with Crippen molar-refractivity contribution in [2.24, 2.45) is 13.0 Å². The van der Waals surface area contributed by atoms with Gasteiger partial charge in [-0.2, -0.15) is 0 Å². The lowest BCUT2D eigenvalue weighted by molar-refractivity contribution is 0.552. The van der Waals surface area contributed by atoms with Gasteiger partial charge in [0.25, 0.3) is 0 Å². The van der Waals surface area contributed by atoms with Crippen LogP contribution in [0.2, 0.25) is 0 Å². The highest BCUT2D eigenvalue weighted by Gasteiger charge is 2.07. The maximum atomic E-state index is 4.11. The molecule has 0 aliphatic rings. The molecule has 0 radical (unpaired) electrons. The molecule has 1 aromatic heterocycles. The minimum Gasteiger partial charge on any atom is -0.312 e. The zero-order valence-corrected chi connectivity index (χ0v) is 13.4. The first kappa shape index (κ1) is 15.1. The Hall–Kier alpha value is -1.33. The van der Waals surface area contributed by atoms with E-state index in [9.17, 15) is 0 Å². The first-order chi connectivity index (χ1) is 9.56. The Labute approximate surface area is 125 Å². The minimum absolute atomic E-state index is 0.682. The molecule has 0 aliphatic heterocycles. The van der Waals surface area contributed by atoms with Crippen molar-refractivity contribution in [3.63, 3.8) is 0 Å². The van der Waals surface area contributed by atoms with Gasteiger partial charge in [-0.25, -0.2) is 0 Å². The lowest BCUT2D eigenvalue weighted by atomic mass is 10.1. The van der Waals surface area contributed by atoms with E-state index in [0.717, 1.165) is 18.2 Å². The average Bonchev–Trinajstić information content (AvgIpc) is 2.78. The molecule has 1 heterocycles. The first-order valence-electron chi connectivity index (χ1n) is 6.88. The standard InChI is InChI=1S/C15H22N4S/c1-11(2)8-16-9-13-5-6-14(12(3)7-13)20-15-18-17-10-19(15)4/h5-7,10-11,16H,8-9H2,1-4H3. The predicted octanol–water partition coefficient (Wildman–Crippen LogP) is 3.02. The van der Waals surface area contributed by atoms with Gasteiger partial charge in [-0.05, 0) is 48.3 Å². The van der Waals surface area contributed by atoms with Crippen LogP contribution in [0, 0.1) is 12.8 Å². The van der Waals surface area contributed by atoms with Crippen LogP contribution in [-0.4, -0.2) is 21.3 Å². The zero-order chi connectivity index (χ0) is 14.5. The Balaban J connectivity index is 2.01. The highest BCUT2D eigenvalue weighted by molar-refractivity contribution is 7.99. The molecule has 4 nitrogen and oxygen atoms in total. The normalized spacial score (nSPS) is 11.2. The van der Waals surface area contributed by atoms with Crippen LogP contribution in [0.3, 0.4) is 0 Å². The summed E-state index contributed by atoms with van der Waals surface area (Å²) in [5.41, 5.74) is 2.60. The molecule has 0 saturated carbocycles. The third-order valence-corrected chi connectivity index (χ3v) is 4.22. The Morgan fingerprint density at radius 3 is 2.75 bits per heavy atom. The third kappa shape index (κ3) is 4.08. The van der Waals surface area contributed by atoms with E-state index in [4.69, 9.17) is 0 Å². The summed E-state index contributed by atoms with van der Waals surface area (Å²) >= 11 is 1.65. The molecule has 0 unspecified atom stereocenters. The second-order valence-electron chi connectivity index (χ2n) is 5.45. The second-order valence-corrected chi connectivity index (χ2v) is 6.46. The molecule has 1 N–H and O–H groups in total. The maximum Gasteiger partial charge on any atom is 0.195 e. The van der Waals surface area contributed by atoms with Crippen molar-refractivity contribution in [2.75, 3.05) is 6.54 Å². The largest absolute Gasteiger partial charge is 0.312 e. The number of aryl methyl sites for hydroxylation is 2. The van der Waals surface area contributed by atoms with Crippen LogP contribution in [0.25, 0.3) is 0 Å². The lowest BCUT2D eigenvalue weighted by Gasteiger charge is -2.10. The van der Waals surface area contributed by atoms with E-state index in [2.05, 4.69) is 54.5 Å². The number of nitrogens with one attached hydrogen (secondary N) is 1. The van der Waals surface area contributed by atoms with Gasteiger partial charge in [-0.1, -0.05) is 26.0 Å². The summed E-state index contributed by atoms with van der Waals surface area (Å²) < 4.78 is 1.93. The summed E-state index contributed by atoms with van der Waals surface area (Å²) in [5, 5.41) is 12.4. The second kappa shape index (κ2) is 6.90.